The van der Waals surface area contributed by atoms with Crippen molar-refractivity contribution in [3.63, 3.8) is 0 Å². The van der Waals surface area contributed by atoms with Crippen LogP contribution in [0.5, 0.6) is 0 Å². The number of ether oxygens (including phenoxy) is 2. The largest absolute Gasteiger partial charge is 0.455 e. The fraction of sp³-hybridized carbons (Fsp3) is 0.611. The van der Waals surface area contributed by atoms with E-state index in [9.17, 15) is 24.3 Å². The van der Waals surface area contributed by atoms with Crippen LogP contribution < -0.4 is 5.32 Å². The number of fused-ring (bicyclic) bond motifs is 2. The summed E-state index contributed by atoms with van der Waals surface area (Å²) in [6.07, 6.45) is 7.22. The minimum absolute atomic E-state index is 0.0664. The van der Waals surface area contributed by atoms with E-state index in [0.29, 0.717) is 18.5 Å². The normalized spacial score (nSPS) is 32.8. The summed E-state index contributed by atoms with van der Waals surface area (Å²) < 4.78 is 13.0. The van der Waals surface area contributed by atoms with Crippen molar-refractivity contribution >= 4 is 23.7 Å². The molecule has 46 heavy (non-hydrogen) atoms. The number of cyclic esters (lactones) is 1. The number of hydrogen-bond donors (Lipinski definition) is 2. The average Bonchev–Trinajstić information content (AvgIpc) is 3.35. The summed E-state index contributed by atoms with van der Waals surface area (Å²) in [7, 11) is 0. The second kappa shape index (κ2) is 13.0. The Morgan fingerprint density at radius 3 is 2.41 bits per heavy atom. The van der Waals surface area contributed by atoms with Gasteiger partial charge in [0.15, 0.2) is 0 Å². The van der Waals surface area contributed by atoms with Crippen LogP contribution in [0.4, 0.5) is 0 Å². The number of aliphatic hydroxyl groups is 1. The highest BCUT2D eigenvalue weighted by molar-refractivity contribution is 5.99. The highest BCUT2D eigenvalue weighted by atomic mass is 16.6. The average molecular weight is 636 g/mol. The molecular formula is C36H49N3O7. The van der Waals surface area contributed by atoms with Crippen LogP contribution in [-0.4, -0.2) is 87.6 Å². The topological polar surface area (TPSA) is 125 Å². The Morgan fingerprint density at radius 2 is 1.74 bits per heavy atom. The molecule has 1 aromatic rings. The van der Waals surface area contributed by atoms with E-state index in [1.54, 1.807) is 19.1 Å². The molecule has 0 saturated carbocycles. The molecule has 1 spiro atoms. The lowest BCUT2D eigenvalue weighted by atomic mass is 9.77. The number of hydrogen-bond acceptors (Lipinski definition) is 7. The predicted molar refractivity (Wildman–Crippen MR) is 172 cm³/mol. The Kier molecular flexibility index (Phi) is 9.53. The monoisotopic (exact) mass is 635 g/mol. The molecule has 3 amide bonds. The summed E-state index contributed by atoms with van der Waals surface area (Å²) in [4.78, 5) is 59.7. The molecule has 0 aliphatic carbocycles. The van der Waals surface area contributed by atoms with Gasteiger partial charge in [0.2, 0.25) is 17.7 Å². The van der Waals surface area contributed by atoms with Crippen molar-refractivity contribution < 1.29 is 33.8 Å². The number of benzene rings is 1. The molecule has 4 aliphatic heterocycles. The lowest BCUT2D eigenvalue weighted by Crippen LogP contribution is -2.60. The smallest absolute Gasteiger partial charge is 0.313 e. The van der Waals surface area contributed by atoms with E-state index in [2.05, 4.69) is 26.1 Å². The number of likely N-dealkylation sites (tertiary alicyclic amines) is 1. The van der Waals surface area contributed by atoms with Crippen molar-refractivity contribution in [2.75, 3.05) is 19.7 Å². The first kappa shape index (κ1) is 33.9. The molecule has 0 unspecified atom stereocenters. The van der Waals surface area contributed by atoms with Crippen LogP contribution in [0.2, 0.25) is 0 Å². The summed E-state index contributed by atoms with van der Waals surface area (Å²) in [5.41, 5.74) is -1.32. The van der Waals surface area contributed by atoms with Crippen LogP contribution >= 0.6 is 0 Å². The van der Waals surface area contributed by atoms with Gasteiger partial charge in [-0.25, -0.2) is 0 Å². The summed E-state index contributed by atoms with van der Waals surface area (Å²) in [6.45, 7) is 12.6. The van der Waals surface area contributed by atoms with E-state index in [0.717, 1.165) is 6.42 Å². The van der Waals surface area contributed by atoms with Crippen LogP contribution in [0.1, 0.15) is 78.9 Å². The van der Waals surface area contributed by atoms with Gasteiger partial charge in [-0.05, 0) is 51.0 Å². The van der Waals surface area contributed by atoms with Gasteiger partial charge in [-0.1, -0.05) is 75.4 Å². The summed E-state index contributed by atoms with van der Waals surface area (Å²) in [6, 6.07) is 7.65. The van der Waals surface area contributed by atoms with E-state index in [1.807, 2.05) is 61.2 Å². The first-order valence-electron chi connectivity index (χ1n) is 16.5. The zero-order chi connectivity index (χ0) is 33.4. The van der Waals surface area contributed by atoms with Gasteiger partial charge in [-0.2, -0.15) is 0 Å². The Balaban J connectivity index is 1.59. The minimum Gasteiger partial charge on any atom is -0.455 e. The fourth-order valence-electron chi connectivity index (χ4n) is 8.12. The van der Waals surface area contributed by atoms with Gasteiger partial charge in [0.05, 0.1) is 18.1 Å². The Labute approximate surface area is 272 Å². The Morgan fingerprint density at radius 1 is 1.02 bits per heavy atom. The maximum absolute atomic E-state index is 14.7. The SMILES string of the molecule is C[C@@H]1NC(=O)CC/C=C\[C@@H]2O[C@@]34C=CCN(C(C)(C)CC(C)(C)C)C(=O)[C@@H]3N(CCCO)C(=O)[C@H]4[C@@H]2C(=O)O[C@H]1c1ccccc1. The van der Waals surface area contributed by atoms with Crippen LogP contribution in [0.15, 0.2) is 54.6 Å². The van der Waals surface area contributed by atoms with Gasteiger partial charge in [0.25, 0.3) is 0 Å². The molecule has 0 bridgehead atoms. The van der Waals surface area contributed by atoms with Gasteiger partial charge in [0, 0.05) is 31.7 Å². The molecule has 7 atom stereocenters. The number of carbonyl (C=O) groups is 4. The predicted octanol–water partition coefficient (Wildman–Crippen LogP) is 3.70. The van der Waals surface area contributed by atoms with Crippen molar-refractivity contribution in [2.24, 2.45) is 17.3 Å². The molecule has 4 heterocycles. The van der Waals surface area contributed by atoms with Gasteiger partial charge in [0.1, 0.15) is 23.7 Å². The highest BCUT2D eigenvalue weighted by Gasteiger charge is 2.72. The van der Waals surface area contributed by atoms with Gasteiger partial charge in [-0.15, -0.1) is 0 Å². The van der Waals surface area contributed by atoms with Crippen LogP contribution in [-0.2, 0) is 28.7 Å². The molecule has 1 aromatic carbocycles. The van der Waals surface area contributed by atoms with Crippen molar-refractivity contribution in [1.82, 2.24) is 15.1 Å². The second-order valence-electron chi connectivity index (χ2n) is 14.9. The highest BCUT2D eigenvalue weighted by Crippen LogP contribution is 2.54. The maximum atomic E-state index is 14.7. The number of carbonyl (C=O) groups excluding carboxylic acids is 4. The summed E-state index contributed by atoms with van der Waals surface area (Å²) >= 11 is 0. The van der Waals surface area contributed by atoms with Crippen LogP contribution in [0.25, 0.3) is 0 Å². The Bertz CT molecular complexity index is 1380. The third-order valence-corrected chi connectivity index (χ3v) is 9.59. The van der Waals surface area contributed by atoms with Crippen molar-refractivity contribution in [1.29, 1.82) is 0 Å². The summed E-state index contributed by atoms with van der Waals surface area (Å²) in [5.74, 6) is -3.46. The van der Waals surface area contributed by atoms with Crippen molar-refractivity contribution in [3.05, 3.63) is 60.2 Å². The van der Waals surface area contributed by atoms with Gasteiger partial charge < -0.3 is 29.7 Å². The first-order chi connectivity index (χ1) is 21.7. The number of aliphatic hydroxyl groups excluding tert-OH is 1. The van der Waals surface area contributed by atoms with E-state index in [-0.39, 0.29) is 49.1 Å². The number of amides is 3. The molecule has 4 aliphatic rings. The van der Waals surface area contributed by atoms with Crippen LogP contribution in [0, 0.1) is 17.3 Å². The molecular weight excluding hydrogens is 586 g/mol. The number of esters is 1. The fourth-order valence-corrected chi connectivity index (χ4v) is 8.12. The van der Waals surface area contributed by atoms with Gasteiger partial charge >= 0.3 is 5.97 Å². The number of rotatable bonds is 6. The molecule has 2 fully saturated rings. The molecule has 5 rings (SSSR count). The molecule has 2 saturated heterocycles. The molecule has 0 aromatic heterocycles. The quantitative estimate of drug-likeness (QED) is 0.361. The van der Waals surface area contributed by atoms with Crippen molar-refractivity contribution in [2.45, 2.75) is 103 Å². The third-order valence-electron chi connectivity index (χ3n) is 9.59. The summed E-state index contributed by atoms with van der Waals surface area (Å²) in [5, 5.41) is 12.7. The van der Waals surface area contributed by atoms with E-state index in [4.69, 9.17) is 9.47 Å². The first-order valence-corrected chi connectivity index (χ1v) is 16.5. The zero-order valence-electron chi connectivity index (χ0n) is 27.9. The zero-order valence-corrected chi connectivity index (χ0v) is 27.9. The Hall–Kier alpha value is -3.50. The van der Waals surface area contributed by atoms with Gasteiger partial charge in [-0.3, -0.25) is 19.2 Å². The van der Waals surface area contributed by atoms with E-state index in [1.165, 1.54) is 4.90 Å². The number of allylic oxidation sites excluding steroid dienone is 1. The molecule has 250 valence electrons. The molecule has 0 radical (unpaired) electrons. The molecule has 10 nitrogen and oxygen atoms in total. The molecule has 2 N–H and O–H groups in total. The second-order valence-corrected chi connectivity index (χ2v) is 14.9. The lowest BCUT2D eigenvalue weighted by molar-refractivity contribution is -0.161. The van der Waals surface area contributed by atoms with E-state index >= 15 is 0 Å². The van der Waals surface area contributed by atoms with Crippen molar-refractivity contribution in [3.8, 4) is 0 Å². The number of nitrogens with one attached hydrogen (secondary N) is 1. The van der Waals surface area contributed by atoms with E-state index < -0.39 is 53.2 Å². The third kappa shape index (κ3) is 6.38. The standard InChI is InChI=1S/C36H49N3O7/c1-23-29(24-14-8-7-9-15-24)45-33(44)27-25(16-10-11-17-26(41)37-23)46-36-18-12-20-39(35(5,6)22-34(2,3)4)32(43)30(36)38(19-13-21-40)31(42)28(27)36/h7-10,12,14-16,18,23,25,27-30,40H,11,13,17,19-22H2,1-6H3,(H,37,41)/b16-10-/t23-,25-,27+,28+,29+,30-,36+/m0/s1. The maximum Gasteiger partial charge on any atom is 0.313 e. The molecule has 10 heteroatoms. The lowest BCUT2D eigenvalue weighted by Gasteiger charge is -2.44. The minimum atomic E-state index is -1.42. The van der Waals surface area contributed by atoms with Crippen LogP contribution in [0.3, 0.4) is 0 Å². The number of nitrogens with zero attached hydrogens (tertiary/aromatic N) is 2.